The van der Waals surface area contributed by atoms with Gasteiger partial charge < -0.3 is 10.5 Å². The summed E-state index contributed by atoms with van der Waals surface area (Å²) in [6, 6.07) is 4.78. The van der Waals surface area contributed by atoms with Gasteiger partial charge in [-0.25, -0.2) is 0 Å². The average Bonchev–Trinajstić information content (AvgIpc) is 2.29. The van der Waals surface area contributed by atoms with E-state index < -0.39 is 5.85 Å². The second-order valence-electron chi connectivity index (χ2n) is 5.65. The van der Waals surface area contributed by atoms with Gasteiger partial charge in [-0.2, -0.15) is 4.39 Å². The Balaban J connectivity index is 3.25. The Bertz CT molecular complexity index is 574. The molecule has 0 heterocycles. The molecule has 116 valence electrons. The van der Waals surface area contributed by atoms with Crippen LogP contribution in [0.3, 0.4) is 0 Å². The monoisotopic (exact) mass is 313 g/mol. The number of ketones is 1. The van der Waals surface area contributed by atoms with Gasteiger partial charge in [-0.1, -0.05) is 25.4 Å². The first-order chi connectivity index (χ1) is 9.53. The molecule has 0 bridgehead atoms. The molecular formula is C16H21ClFNO2. The van der Waals surface area contributed by atoms with Crippen molar-refractivity contribution in [3.05, 3.63) is 34.4 Å². The largest absolute Gasteiger partial charge is 0.457 e. The van der Waals surface area contributed by atoms with Crippen molar-refractivity contribution in [2.75, 3.05) is 0 Å². The number of carbonyl (C=O) groups excluding carboxylic acids is 1. The molecule has 0 amide bonds. The lowest BCUT2D eigenvalue weighted by atomic mass is 9.94. The summed E-state index contributed by atoms with van der Waals surface area (Å²) >= 11 is 6.09. The van der Waals surface area contributed by atoms with Gasteiger partial charge >= 0.3 is 0 Å². The molecule has 1 rings (SSSR count). The van der Waals surface area contributed by atoms with Crippen LogP contribution in [0.4, 0.5) is 4.39 Å². The highest BCUT2D eigenvalue weighted by atomic mass is 35.5. The summed E-state index contributed by atoms with van der Waals surface area (Å²) in [6.07, 6.45) is 0. The molecule has 1 aromatic carbocycles. The van der Waals surface area contributed by atoms with E-state index in [0.29, 0.717) is 16.8 Å². The zero-order valence-corrected chi connectivity index (χ0v) is 13.7. The van der Waals surface area contributed by atoms with Crippen LogP contribution in [-0.2, 0) is 4.79 Å². The first kappa shape index (κ1) is 17.5. The van der Waals surface area contributed by atoms with E-state index in [2.05, 4.69) is 0 Å². The van der Waals surface area contributed by atoms with Gasteiger partial charge in [-0.3, -0.25) is 4.79 Å². The Kier molecular flexibility index (Phi) is 5.40. The Morgan fingerprint density at radius 1 is 1.38 bits per heavy atom. The number of nitrogens with two attached hydrogens (primary N) is 1. The van der Waals surface area contributed by atoms with Gasteiger partial charge in [0.2, 0.25) is 5.85 Å². The number of allylic oxidation sites excluding steroid dienone is 1. The van der Waals surface area contributed by atoms with Crippen LogP contribution < -0.4 is 10.5 Å². The SMILES string of the molecule is CC(=O)/C(=C(\N)c1ccc(OC(C)(C)F)c(Cl)c1)C(C)C. The number of benzene rings is 1. The number of hydrogen-bond donors (Lipinski definition) is 1. The third-order valence-corrected chi connectivity index (χ3v) is 3.14. The maximum Gasteiger partial charge on any atom is 0.242 e. The summed E-state index contributed by atoms with van der Waals surface area (Å²) in [5.41, 5.74) is 7.61. The molecule has 0 fully saturated rings. The van der Waals surface area contributed by atoms with Crippen LogP contribution in [0.5, 0.6) is 5.75 Å². The quantitative estimate of drug-likeness (QED) is 0.823. The molecule has 0 radical (unpaired) electrons. The highest BCUT2D eigenvalue weighted by Gasteiger charge is 2.20. The lowest BCUT2D eigenvalue weighted by molar-refractivity contribution is -0.114. The van der Waals surface area contributed by atoms with E-state index in [4.69, 9.17) is 22.1 Å². The summed E-state index contributed by atoms with van der Waals surface area (Å²) in [6.45, 7) is 7.85. The molecule has 0 saturated carbocycles. The zero-order valence-electron chi connectivity index (χ0n) is 13.0. The number of hydrogen-bond acceptors (Lipinski definition) is 3. The van der Waals surface area contributed by atoms with Crippen molar-refractivity contribution in [1.29, 1.82) is 0 Å². The fourth-order valence-corrected chi connectivity index (χ4v) is 2.29. The van der Waals surface area contributed by atoms with E-state index in [0.717, 1.165) is 0 Å². The second kappa shape index (κ2) is 6.48. The molecular weight excluding hydrogens is 293 g/mol. The summed E-state index contributed by atoms with van der Waals surface area (Å²) < 4.78 is 18.6. The summed E-state index contributed by atoms with van der Waals surface area (Å²) in [4.78, 5) is 11.7. The number of rotatable bonds is 5. The van der Waals surface area contributed by atoms with E-state index in [-0.39, 0.29) is 22.5 Å². The molecule has 0 aliphatic rings. The van der Waals surface area contributed by atoms with E-state index in [1.807, 2.05) is 13.8 Å². The Morgan fingerprint density at radius 3 is 2.33 bits per heavy atom. The van der Waals surface area contributed by atoms with Gasteiger partial charge in [-0.05, 0) is 36.6 Å². The van der Waals surface area contributed by atoms with E-state index >= 15 is 0 Å². The normalized spacial score (nSPS) is 13.1. The fraction of sp³-hybridized carbons (Fsp3) is 0.438. The first-order valence-corrected chi connectivity index (χ1v) is 7.09. The fourth-order valence-electron chi connectivity index (χ4n) is 2.08. The van der Waals surface area contributed by atoms with E-state index in [9.17, 15) is 9.18 Å². The van der Waals surface area contributed by atoms with Crippen LogP contribution in [0.2, 0.25) is 5.02 Å². The Morgan fingerprint density at radius 2 is 1.95 bits per heavy atom. The van der Waals surface area contributed by atoms with Crippen LogP contribution in [0.1, 0.15) is 40.2 Å². The topological polar surface area (TPSA) is 52.3 Å². The number of Topliss-reactive ketones (excluding diaryl/α,β-unsaturated/α-hetero) is 1. The zero-order chi connectivity index (χ0) is 16.4. The number of ether oxygens (including phenoxy) is 1. The molecule has 21 heavy (non-hydrogen) atoms. The molecule has 3 nitrogen and oxygen atoms in total. The average molecular weight is 314 g/mol. The smallest absolute Gasteiger partial charge is 0.242 e. The van der Waals surface area contributed by atoms with Crippen molar-refractivity contribution in [2.24, 2.45) is 11.7 Å². The predicted molar refractivity (Wildman–Crippen MR) is 83.9 cm³/mol. The first-order valence-electron chi connectivity index (χ1n) is 6.71. The van der Waals surface area contributed by atoms with Crippen LogP contribution in [0.15, 0.2) is 23.8 Å². The van der Waals surface area contributed by atoms with Crippen LogP contribution in [0.25, 0.3) is 5.70 Å². The van der Waals surface area contributed by atoms with Crippen molar-refractivity contribution < 1.29 is 13.9 Å². The van der Waals surface area contributed by atoms with Crippen molar-refractivity contribution in [2.45, 2.75) is 40.5 Å². The predicted octanol–water partition coefficient (Wildman–Crippen LogP) is 4.34. The molecule has 0 aromatic heterocycles. The lowest BCUT2D eigenvalue weighted by Crippen LogP contribution is -2.21. The number of halogens is 2. The minimum Gasteiger partial charge on any atom is -0.457 e. The Hall–Kier alpha value is -1.55. The van der Waals surface area contributed by atoms with Crippen molar-refractivity contribution in [3.8, 4) is 5.75 Å². The molecule has 0 unspecified atom stereocenters. The molecule has 2 N–H and O–H groups in total. The highest BCUT2D eigenvalue weighted by Crippen LogP contribution is 2.31. The molecule has 0 aliphatic heterocycles. The number of carbonyl (C=O) groups is 1. The van der Waals surface area contributed by atoms with E-state index in [1.54, 1.807) is 18.2 Å². The Labute approximate surface area is 129 Å². The summed E-state index contributed by atoms with van der Waals surface area (Å²) in [7, 11) is 0. The maximum atomic E-state index is 13.5. The van der Waals surface area contributed by atoms with E-state index in [1.165, 1.54) is 20.8 Å². The van der Waals surface area contributed by atoms with Gasteiger partial charge in [0.15, 0.2) is 5.78 Å². The van der Waals surface area contributed by atoms with Crippen molar-refractivity contribution >= 4 is 23.1 Å². The minimum atomic E-state index is -1.82. The van der Waals surface area contributed by atoms with Crippen LogP contribution in [0, 0.1) is 5.92 Å². The summed E-state index contributed by atoms with van der Waals surface area (Å²) in [5, 5.41) is 0.243. The van der Waals surface area contributed by atoms with Gasteiger partial charge in [0.25, 0.3) is 0 Å². The molecule has 0 atom stereocenters. The van der Waals surface area contributed by atoms with Gasteiger partial charge in [-0.15, -0.1) is 0 Å². The second-order valence-corrected chi connectivity index (χ2v) is 6.06. The molecule has 5 heteroatoms. The molecule has 0 saturated heterocycles. The van der Waals surface area contributed by atoms with Crippen molar-refractivity contribution in [1.82, 2.24) is 0 Å². The molecule has 0 spiro atoms. The third kappa shape index (κ3) is 4.74. The number of alkyl halides is 1. The summed E-state index contributed by atoms with van der Waals surface area (Å²) in [5.74, 6) is -1.67. The van der Waals surface area contributed by atoms with Crippen molar-refractivity contribution in [3.63, 3.8) is 0 Å². The standard InChI is InChI=1S/C16H21ClFNO2/c1-9(2)14(10(3)20)15(19)11-6-7-13(12(17)8-11)21-16(4,5)18/h6-9H,19H2,1-5H3/b15-14-. The van der Waals surface area contributed by atoms with Gasteiger partial charge in [0.1, 0.15) is 5.75 Å². The minimum absolute atomic E-state index is 0.00183. The van der Waals surface area contributed by atoms with Crippen LogP contribution >= 0.6 is 11.6 Å². The maximum absolute atomic E-state index is 13.5. The third-order valence-electron chi connectivity index (χ3n) is 2.84. The molecule has 1 aromatic rings. The van der Waals surface area contributed by atoms with Gasteiger partial charge in [0.05, 0.1) is 5.02 Å². The molecule has 0 aliphatic carbocycles. The highest BCUT2D eigenvalue weighted by molar-refractivity contribution is 6.32. The van der Waals surface area contributed by atoms with Gasteiger partial charge in [0, 0.05) is 25.1 Å². The van der Waals surface area contributed by atoms with Crippen LogP contribution in [-0.4, -0.2) is 11.6 Å². The lowest BCUT2D eigenvalue weighted by Gasteiger charge is -2.19.